The number of anilines is 1. The second-order valence-electron chi connectivity index (χ2n) is 5.03. The van der Waals surface area contributed by atoms with Gasteiger partial charge in [0.25, 0.3) is 5.69 Å². The molecule has 0 bridgehead atoms. The van der Waals surface area contributed by atoms with E-state index in [9.17, 15) is 14.9 Å². The Balaban J connectivity index is 2.28. The van der Waals surface area contributed by atoms with Crippen LogP contribution in [0, 0.1) is 10.1 Å². The van der Waals surface area contributed by atoms with Gasteiger partial charge in [0.05, 0.1) is 12.0 Å². The first kappa shape index (κ1) is 16.3. The van der Waals surface area contributed by atoms with Gasteiger partial charge in [-0.15, -0.1) is 0 Å². The number of carbonyl (C=O) groups is 1. The lowest BCUT2D eigenvalue weighted by molar-refractivity contribution is -0.384. The molecule has 0 fully saturated rings. The molecule has 0 saturated carbocycles. The monoisotopic (exact) mass is 315 g/mol. The highest BCUT2D eigenvalue weighted by atomic mass is 16.6. The van der Waals surface area contributed by atoms with Gasteiger partial charge in [-0.3, -0.25) is 14.9 Å². The zero-order valence-electron chi connectivity index (χ0n) is 12.9. The van der Waals surface area contributed by atoms with E-state index < -0.39 is 10.8 Å². The van der Waals surface area contributed by atoms with Gasteiger partial charge in [-0.25, -0.2) is 0 Å². The van der Waals surface area contributed by atoms with Gasteiger partial charge in [0, 0.05) is 25.2 Å². The van der Waals surface area contributed by atoms with Crippen molar-refractivity contribution in [1.82, 2.24) is 0 Å². The van der Waals surface area contributed by atoms with Gasteiger partial charge in [0.2, 0.25) is 5.91 Å². The average molecular weight is 315 g/mol. The molecule has 0 heterocycles. The number of carbonyl (C=O) groups excluding carboxylic acids is 1. The molecule has 0 aliphatic carbocycles. The Hall–Kier alpha value is -3.09. The normalized spacial score (nSPS) is 10.2. The van der Waals surface area contributed by atoms with Crippen LogP contribution in [0.2, 0.25) is 0 Å². The summed E-state index contributed by atoms with van der Waals surface area (Å²) in [6, 6.07) is 11.6. The molecule has 1 amide bonds. The van der Waals surface area contributed by atoms with E-state index in [1.807, 2.05) is 24.3 Å². The first-order chi connectivity index (χ1) is 10.9. The maximum Gasteiger partial charge on any atom is 0.293 e. The number of nitro benzene ring substituents is 1. The number of ether oxygens (including phenoxy) is 1. The van der Waals surface area contributed by atoms with E-state index >= 15 is 0 Å². The summed E-state index contributed by atoms with van der Waals surface area (Å²) in [6.45, 7) is 0.473. The fourth-order valence-corrected chi connectivity index (χ4v) is 2.24. The van der Waals surface area contributed by atoms with Gasteiger partial charge in [-0.05, 0) is 29.8 Å². The molecule has 0 unspecified atom stereocenters. The standard InChI is InChI=1S/C16H17N3O4/c1-18(10-11-3-6-13(23-2)7-4-11)14-8-5-12(16(17)20)9-15(14)19(21)22/h3-9H,10H2,1-2H3,(H2,17,20). The average Bonchev–Trinajstić information content (AvgIpc) is 2.54. The van der Waals surface area contributed by atoms with Gasteiger partial charge in [-0.2, -0.15) is 0 Å². The number of methoxy groups -OCH3 is 1. The molecular formula is C16H17N3O4. The molecule has 23 heavy (non-hydrogen) atoms. The minimum absolute atomic E-state index is 0.110. The number of primary amides is 1. The number of hydrogen-bond acceptors (Lipinski definition) is 5. The molecule has 7 heteroatoms. The van der Waals surface area contributed by atoms with Crippen LogP contribution in [-0.2, 0) is 6.54 Å². The Labute approximate surface area is 133 Å². The SMILES string of the molecule is COc1ccc(CN(C)c2ccc(C(N)=O)cc2[N+](=O)[O-])cc1. The minimum atomic E-state index is -0.697. The zero-order chi connectivity index (χ0) is 17.0. The van der Waals surface area contributed by atoms with Crippen LogP contribution >= 0.6 is 0 Å². The topological polar surface area (TPSA) is 98.7 Å². The van der Waals surface area contributed by atoms with Crippen LogP contribution in [0.3, 0.4) is 0 Å². The molecule has 2 rings (SSSR count). The lowest BCUT2D eigenvalue weighted by Gasteiger charge is -2.19. The van der Waals surface area contributed by atoms with Crippen LogP contribution in [-0.4, -0.2) is 25.0 Å². The number of hydrogen-bond donors (Lipinski definition) is 1. The van der Waals surface area contributed by atoms with E-state index in [0.717, 1.165) is 11.3 Å². The fraction of sp³-hybridized carbons (Fsp3) is 0.188. The van der Waals surface area contributed by atoms with Crippen molar-refractivity contribution in [2.45, 2.75) is 6.54 Å². The van der Waals surface area contributed by atoms with Crippen LogP contribution in [0.4, 0.5) is 11.4 Å². The van der Waals surface area contributed by atoms with Crippen molar-refractivity contribution < 1.29 is 14.5 Å². The number of rotatable bonds is 6. The van der Waals surface area contributed by atoms with E-state index in [0.29, 0.717) is 12.2 Å². The Bertz CT molecular complexity index is 729. The van der Waals surface area contributed by atoms with Crippen molar-refractivity contribution >= 4 is 17.3 Å². The van der Waals surface area contributed by atoms with Gasteiger partial charge >= 0.3 is 0 Å². The molecule has 0 aliphatic heterocycles. The number of benzene rings is 2. The number of nitrogens with zero attached hydrogens (tertiary/aromatic N) is 2. The van der Waals surface area contributed by atoms with Crippen LogP contribution in [0.25, 0.3) is 0 Å². The molecule has 120 valence electrons. The highest BCUT2D eigenvalue weighted by Gasteiger charge is 2.19. The Kier molecular flexibility index (Phi) is 4.80. The lowest BCUT2D eigenvalue weighted by Crippen LogP contribution is -2.18. The van der Waals surface area contributed by atoms with Gasteiger partial charge in [0.15, 0.2) is 0 Å². The third-order valence-electron chi connectivity index (χ3n) is 3.45. The minimum Gasteiger partial charge on any atom is -0.497 e. The fourth-order valence-electron chi connectivity index (χ4n) is 2.24. The summed E-state index contributed by atoms with van der Waals surface area (Å²) in [5.41, 5.74) is 6.51. The van der Waals surface area contributed by atoms with Crippen LogP contribution in [0.1, 0.15) is 15.9 Å². The molecule has 0 atom stereocenters. The van der Waals surface area contributed by atoms with Gasteiger partial charge in [0.1, 0.15) is 11.4 Å². The molecule has 0 radical (unpaired) electrons. The predicted octanol–water partition coefficient (Wildman–Crippen LogP) is 2.34. The molecule has 2 N–H and O–H groups in total. The van der Waals surface area contributed by atoms with E-state index in [4.69, 9.17) is 10.5 Å². The van der Waals surface area contributed by atoms with E-state index in [1.54, 1.807) is 19.1 Å². The molecule has 0 aromatic heterocycles. The zero-order valence-corrected chi connectivity index (χ0v) is 12.9. The number of amides is 1. The summed E-state index contributed by atoms with van der Waals surface area (Å²) < 4.78 is 5.10. The maximum atomic E-state index is 11.2. The predicted molar refractivity (Wildman–Crippen MR) is 86.7 cm³/mol. The highest BCUT2D eigenvalue weighted by Crippen LogP contribution is 2.29. The highest BCUT2D eigenvalue weighted by molar-refractivity contribution is 5.94. The largest absolute Gasteiger partial charge is 0.497 e. The second-order valence-corrected chi connectivity index (χ2v) is 5.03. The Morgan fingerprint density at radius 1 is 1.26 bits per heavy atom. The Morgan fingerprint density at radius 3 is 2.43 bits per heavy atom. The second kappa shape index (κ2) is 6.78. The summed E-state index contributed by atoms with van der Waals surface area (Å²) in [5, 5.41) is 11.2. The third kappa shape index (κ3) is 3.76. The van der Waals surface area contributed by atoms with Crippen molar-refractivity contribution in [2.24, 2.45) is 5.73 Å². The molecule has 0 aliphatic rings. The summed E-state index contributed by atoms with van der Waals surface area (Å²) in [5.74, 6) is 0.0469. The number of nitro groups is 1. The Morgan fingerprint density at radius 2 is 1.91 bits per heavy atom. The van der Waals surface area contributed by atoms with Crippen molar-refractivity contribution in [1.29, 1.82) is 0 Å². The van der Waals surface area contributed by atoms with E-state index in [1.165, 1.54) is 18.2 Å². The molecule has 7 nitrogen and oxygen atoms in total. The summed E-state index contributed by atoms with van der Waals surface area (Å²) in [4.78, 5) is 23.6. The first-order valence-corrected chi connectivity index (χ1v) is 6.84. The third-order valence-corrected chi connectivity index (χ3v) is 3.45. The van der Waals surface area contributed by atoms with Gasteiger partial charge < -0.3 is 15.4 Å². The van der Waals surface area contributed by atoms with Crippen LogP contribution in [0.5, 0.6) is 5.75 Å². The molecule has 0 saturated heterocycles. The van der Waals surface area contributed by atoms with Crippen molar-refractivity contribution in [3.8, 4) is 5.75 Å². The van der Waals surface area contributed by atoms with E-state index in [2.05, 4.69) is 0 Å². The number of nitrogens with two attached hydrogens (primary N) is 1. The maximum absolute atomic E-state index is 11.2. The molecule has 2 aromatic carbocycles. The van der Waals surface area contributed by atoms with Crippen molar-refractivity contribution in [3.63, 3.8) is 0 Å². The van der Waals surface area contributed by atoms with Crippen LogP contribution < -0.4 is 15.4 Å². The smallest absolute Gasteiger partial charge is 0.293 e. The first-order valence-electron chi connectivity index (χ1n) is 6.84. The summed E-state index contributed by atoms with van der Waals surface area (Å²) in [6.07, 6.45) is 0. The molecular weight excluding hydrogens is 298 g/mol. The van der Waals surface area contributed by atoms with Crippen molar-refractivity contribution in [3.05, 3.63) is 63.7 Å². The molecule has 0 spiro atoms. The van der Waals surface area contributed by atoms with E-state index in [-0.39, 0.29) is 11.3 Å². The van der Waals surface area contributed by atoms with Crippen molar-refractivity contribution in [2.75, 3.05) is 19.1 Å². The molecule has 2 aromatic rings. The summed E-state index contributed by atoms with van der Waals surface area (Å²) >= 11 is 0. The quantitative estimate of drug-likeness (QED) is 0.651. The summed E-state index contributed by atoms with van der Waals surface area (Å²) in [7, 11) is 3.33. The van der Waals surface area contributed by atoms with Crippen LogP contribution in [0.15, 0.2) is 42.5 Å². The van der Waals surface area contributed by atoms with Gasteiger partial charge in [-0.1, -0.05) is 12.1 Å². The lowest BCUT2D eigenvalue weighted by atomic mass is 10.1.